The summed E-state index contributed by atoms with van der Waals surface area (Å²) in [5.74, 6) is 1.54. The number of piperidine rings is 1. The summed E-state index contributed by atoms with van der Waals surface area (Å²) in [5.41, 5.74) is 6.84. The molecule has 1 aromatic heterocycles. The summed E-state index contributed by atoms with van der Waals surface area (Å²) in [6.45, 7) is 10.6. The summed E-state index contributed by atoms with van der Waals surface area (Å²) in [6, 6.07) is 2.03. The molecule has 1 aliphatic heterocycles. The summed E-state index contributed by atoms with van der Waals surface area (Å²) >= 11 is 0. The van der Waals surface area contributed by atoms with Gasteiger partial charge >= 0.3 is 0 Å². The first kappa shape index (κ1) is 14.4. The van der Waals surface area contributed by atoms with Gasteiger partial charge in [0.1, 0.15) is 5.82 Å². The molecule has 0 spiro atoms. The van der Waals surface area contributed by atoms with Crippen molar-refractivity contribution in [2.75, 3.05) is 26.2 Å². The number of rotatable bonds is 3. The maximum atomic E-state index is 5.61. The Balaban J connectivity index is 2.03. The quantitative estimate of drug-likeness (QED) is 0.904. The Morgan fingerprint density at radius 3 is 2.58 bits per heavy atom. The van der Waals surface area contributed by atoms with Crippen LogP contribution in [0.2, 0.25) is 0 Å². The number of hydrogen-bond acceptors (Lipinski definition) is 4. The van der Waals surface area contributed by atoms with Crippen LogP contribution in [0.25, 0.3) is 0 Å². The molecular weight excluding hydrogens is 236 g/mol. The van der Waals surface area contributed by atoms with Crippen molar-refractivity contribution in [3.05, 3.63) is 23.8 Å². The van der Waals surface area contributed by atoms with Crippen molar-refractivity contribution in [2.45, 2.75) is 44.9 Å². The lowest BCUT2D eigenvalue weighted by Crippen LogP contribution is -2.36. The average Bonchev–Trinajstić information content (AvgIpc) is 2.39. The Kier molecular flexibility index (Phi) is 4.53. The topological polar surface area (TPSA) is 55.0 Å². The second-order valence-corrected chi connectivity index (χ2v) is 6.45. The molecule has 4 heteroatoms. The van der Waals surface area contributed by atoms with Crippen molar-refractivity contribution in [3.8, 4) is 0 Å². The van der Waals surface area contributed by atoms with Gasteiger partial charge in [0.2, 0.25) is 0 Å². The molecule has 0 aliphatic carbocycles. The molecule has 0 saturated carbocycles. The Morgan fingerprint density at radius 1 is 1.32 bits per heavy atom. The first-order chi connectivity index (χ1) is 9.00. The van der Waals surface area contributed by atoms with Crippen molar-refractivity contribution in [2.24, 2.45) is 5.73 Å². The Labute approximate surface area is 116 Å². The minimum atomic E-state index is 0.0952. The Morgan fingerprint density at radius 2 is 2.00 bits per heavy atom. The maximum Gasteiger partial charge on any atom is 0.131 e. The zero-order valence-corrected chi connectivity index (χ0v) is 12.4. The molecule has 1 saturated heterocycles. The van der Waals surface area contributed by atoms with Crippen molar-refractivity contribution < 1.29 is 0 Å². The predicted molar refractivity (Wildman–Crippen MR) is 78.2 cm³/mol. The fourth-order valence-corrected chi connectivity index (χ4v) is 2.59. The third-order valence-electron chi connectivity index (χ3n) is 3.84. The van der Waals surface area contributed by atoms with Crippen LogP contribution in [0.3, 0.4) is 0 Å². The number of nitrogens with zero attached hydrogens (tertiary/aromatic N) is 3. The lowest BCUT2D eigenvalue weighted by atomic mass is 9.91. The van der Waals surface area contributed by atoms with Gasteiger partial charge in [0.25, 0.3) is 0 Å². The SMILES string of the molecule is CC(C)(C)c1ccnc(C2CCN(CCN)CC2)n1. The predicted octanol–water partition coefficient (Wildman–Crippen LogP) is 1.91. The molecule has 0 aromatic carbocycles. The van der Waals surface area contributed by atoms with Crippen LogP contribution in [0, 0.1) is 0 Å². The molecule has 1 aromatic rings. The monoisotopic (exact) mass is 262 g/mol. The molecule has 19 heavy (non-hydrogen) atoms. The molecule has 0 atom stereocenters. The van der Waals surface area contributed by atoms with Crippen LogP contribution >= 0.6 is 0 Å². The van der Waals surface area contributed by atoms with Crippen LogP contribution in [0.4, 0.5) is 0 Å². The molecule has 0 radical (unpaired) electrons. The van der Waals surface area contributed by atoms with E-state index in [4.69, 9.17) is 10.7 Å². The summed E-state index contributed by atoms with van der Waals surface area (Å²) in [7, 11) is 0. The van der Waals surface area contributed by atoms with Crippen LogP contribution in [0.15, 0.2) is 12.3 Å². The van der Waals surface area contributed by atoms with Gasteiger partial charge in [0.05, 0.1) is 0 Å². The fourth-order valence-electron chi connectivity index (χ4n) is 2.59. The molecule has 0 bridgehead atoms. The molecule has 1 aliphatic rings. The van der Waals surface area contributed by atoms with Gasteiger partial charge in [-0.15, -0.1) is 0 Å². The number of likely N-dealkylation sites (tertiary alicyclic amines) is 1. The largest absolute Gasteiger partial charge is 0.329 e. The van der Waals surface area contributed by atoms with Crippen molar-refractivity contribution in [1.29, 1.82) is 0 Å². The van der Waals surface area contributed by atoms with E-state index in [1.807, 2.05) is 12.3 Å². The van der Waals surface area contributed by atoms with E-state index in [1.165, 1.54) is 0 Å². The number of hydrogen-bond donors (Lipinski definition) is 1. The van der Waals surface area contributed by atoms with E-state index in [1.54, 1.807) is 0 Å². The van der Waals surface area contributed by atoms with Crippen LogP contribution in [0.1, 0.15) is 51.0 Å². The van der Waals surface area contributed by atoms with Gasteiger partial charge in [-0.05, 0) is 32.0 Å². The number of aromatic nitrogens is 2. The van der Waals surface area contributed by atoms with Crippen LogP contribution in [-0.2, 0) is 5.41 Å². The van der Waals surface area contributed by atoms with E-state index < -0.39 is 0 Å². The highest BCUT2D eigenvalue weighted by molar-refractivity contribution is 5.14. The summed E-state index contributed by atoms with van der Waals surface area (Å²) in [4.78, 5) is 11.7. The first-order valence-corrected chi connectivity index (χ1v) is 7.26. The second kappa shape index (κ2) is 5.97. The normalized spacial score (nSPS) is 18.7. The molecule has 2 N–H and O–H groups in total. The van der Waals surface area contributed by atoms with E-state index >= 15 is 0 Å². The maximum absolute atomic E-state index is 5.61. The van der Waals surface area contributed by atoms with Gasteiger partial charge in [0.15, 0.2) is 0 Å². The number of nitrogens with two attached hydrogens (primary N) is 1. The van der Waals surface area contributed by atoms with E-state index in [2.05, 4.69) is 30.7 Å². The van der Waals surface area contributed by atoms with Gasteiger partial charge in [-0.1, -0.05) is 20.8 Å². The Bertz CT molecular complexity index is 403. The van der Waals surface area contributed by atoms with E-state index in [0.717, 1.165) is 50.5 Å². The smallest absolute Gasteiger partial charge is 0.131 e. The molecule has 2 rings (SSSR count). The van der Waals surface area contributed by atoms with Gasteiger partial charge in [-0.2, -0.15) is 0 Å². The van der Waals surface area contributed by atoms with Crippen LogP contribution < -0.4 is 5.73 Å². The van der Waals surface area contributed by atoms with E-state index in [0.29, 0.717) is 5.92 Å². The van der Waals surface area contributed by atoms with Crippen molar-refractivity contribution in [1.82, 2.24) is 14.9 Å². The van der Waals surface area contributed by atoms with Crippen LogP contribution in [0.5, 0.6) is 0 Å². The Hall–Kier alpha value is -1.00. The van der Waals surface area contributed by atoms with Gasteiger partial charge < -0.3 is 10.6 Å². The zero-order valence-electron chi connectivity index (χ0n) is 12.4. The fraction of sp³-hybridized carbons (Fsp3) is 0.733. The molecule has 1 fully saturated rings. The molecule has 0 amide bonds. The molecule has 4 nitrogen and oxygen atoms in total. The lowest BCUT2D eigenvalue weighted by molar-refractivity contribution is 0.214. The highest BCUT2D eigenvalue weighted by Crippen LogP contribution is 2.27. The second-order valence-electron chi connectivity index (χ2n) is 6.45. The highest BCUT2D eigenvalue weighted by atomic mass is 15.1. The summed E-state index contributed by atoms with van der Waals surface area (Å²) < 4.78 is 0. The van der Waals surface area contributed by atoms with Gasteiger partial charge in [-0.25, -0.2) is 9.97 Å². The minimum Gasteiger partial charge on any atom is -0.329 e. The van der Waals surface area contributed by atoms with Crippen molar-refractivity contribution >= 4 is 0 Å². The summed E-state index contributed by atoms with van der Waals surface area (Å²) in [5, 5.41) is 0. The standard InChI is InChI=1S/C15H26N4/c1-15(2,3)13-4-8-17-14(18-13)12-5-9-19(10-6-12)11-7-16/h4,8,12H,5-7,9-11,16H2,1-3H3. The third kappa shape index (κ3) is 3.74. The highest BCUT2D eigenvalue weighted by Gasteiger charge is 2.24. The molecular formula is C15H26N4. The summed E-state index contributed by atoms with van der Waals surface area (Å²) in [6.07, 6.45) is 4.20. The van der Waals surface area contributed by atoms with E-state index in [9.17, 15) is 0 Å². The zero-order chi connectivity index (χ0) is 13.9. The molecule has 106 valence electrons. The van der Waals surface area contributed by atoms with Gasteiger partial charge in [-0.3, -0.25) is 0 Å². The molecule has 2 heterocycles. The average molecular weight is 262 g/mol. The molecule has 0 unspecified atom stereocenters. The first-order valence-electron chi connectivity index (χ1n) is 7.26. The van der Waals surface area contributed by atoms with E-state index in [-0.39, 0.29) is 5.41 Å². The minimum absolute atomic E-state index is 0.0952. The third-order valence-corrected chi connectivity index (χ3v) is 3.84. The lowest BCUT2D eigenvalue weighted by Gasteiger charge is -2.31. The van der Waals surface area contributed by atoms with Crippen molar-refractivity contribution in [3.63, 3.8) is 0 Å². The van der Waals surface area contributed by atoms with Gasteiger partial charge in [0, 0.05) is 36.3 Å². The van der Waals surface area contributed by atoms with Crippen LogP contribution in [-0.4, -0.2) is 41.0 Å².